The number of carbonyl (C=O) groups excluding carboxylic acids is 2. The Morgan fingerprint density at radius 3 is 2.58 bits per heavy atom. The lowest BCUT2D eigenvalue weighted by Gasteiger charge is -2.08. The predicted molar refractivity (Wildman–Crippen MR) is 90.4 cm³/mol. The predicted octanol–water partition coefficient (Wildman–Crippen LogP) is 2.58. The lowest BCUT2D eigenvalue weighted by molar-refractivity contribution is -0.139. The molecule has 3 rings (SSSR count). The van der Waals surface area contributed by atoms with Gasteiger partial charge in [0, 0.05) is 10.4 Å². The van der Waals surface area contributed by atoms with Crippen molar-refractivity contribution in [3.05, 3.63) is 59.2 Å². The molecule has 2 aromatic carbocycles. The highest BCUT2D eigenvalue weighted by atomic mass is 35.5. The quantitative estimate of drug-likeness (QED) is 0.739. The highest BCUT2D eigenvalue weighted by Gasteiger charge is 2.20. The number of ether oxygens (including phenoxy) is 1. The number of fused-ring (bicyclic) bond motifs is 1. The Labute approximate surface area is 143 Å². The first-order valence-electron chi connectivity index (χ1n) is 7.19. The highest BCUT2D eigenvalue weighted by molar-refractivity contribution is 6.30. The molecular weight excluding hydrogens is 330 g/mol. The fraction of sp³-hybridized carbons (Fsp3) is 0.118. The second-order valence-electron chi connectivity index (χ2n) is 5.01. The summed E-state index contributed by atoms with van der Waals surface area (Å²) in [5, 5.41) is 8.31. The number of nitrogens with zero attached hydrogens (tertiary/aromatic N) is 2. The van der Waals surface area contributed by atoms with E-state index >= 15 is 0 Å². The summed E-state index contributed by atoms with van der Waals surface area (Å²) in [7, 11) is 1.27. The van der Waals surface area contributed by atoms with Gasteiger partial charge < -0.3 is 10.1 Å². The highest BCUT2D eigenvalue weighted by Crippen LogP contribution is 2.22. The van der Waals surface area contributed by atoms with E-state index in [4.69, 9.17) is 11.6 Å². The van der Waals surface area contributed by atoms with Crippen molar-refractivity contribution in [3.63, 3.8) is 0 Å². The number of amides is 1. The summed E-state index contributed by atoms with van der Waals surface area (Å²) in [6.45, 7) is -0.213. The number of esters is 1. The van der Waals surface area contributed by atoms with E-state index in [0.29, 0.717) is 27.3 Å². The number of nitrogens with one attached hydrogen (secondary N) is 1. The molecule has 0 aliphatic heterocycles. The van der Waals surface area contributed by atoms with Crippen molar-refractivity contribution in [2.45, 2.75) is 0 Å². The van der Waals surface area contributed by atoms with Crippen LogP contribution in [0.5, 0.6) is 0 Å². The molecular formula is C17H14ClN3O3. The van der Waals surface area contributed by atoms with Gasteiger partial charge in [-0.05, 0) is 30.3 Å². The number of methoxy groups -OCH3 is 1. The Balaban J connectivity index is 2.07. The van der Waals surface area contributed by atoms with E-state index in [0.717, 1.165) is 0 Å². The number of halogens is 1. The molecule has 1 N–H and O–H groups in total. The smallest absolute Gasteiger partial charge is 0.325 e. The van der Waals surface area contributed by atoms with Gasteiger partial charge in [-0.1, -0.05) is 29.8 Å². The third-order valence-electron chi connectivity index (χ3n) is 3.49. The zero-order valence-electron chi connectivity index (χ0n) is 12.8. The first kappa shape index (κ1) is 16.0. The Kier molecular flexibility index (Phi) is 4.48. The minimum atomic E-state index is -0.523. The topological polar surface area (TPSA) is 73.2 Å². The van der Waals surface area contributed by atoms with Gasteiger partial charge in [0.15, 0.2) is 0 Å². The molecule has 0 atom stereocenters. The summed E-state index contributed by atoms with van der Waals surface area (Å²) in [4.78, 5) is 23.9. The molecule has 0 saturated heterocycles. The fourth-order valence-electron chi connectivity index (χ4n) is 2.33. The van der Waals surface area contributed by atoms with Crippen molar-refractivity contribution in [3.8, 4) is 5.69 Å². The van der Waals surface area contributed by atoms with Crippen molar-refractivity contribution in [1.82, 2.24) is 15.1 Å². The van der Waals surface area contributed by atoms with Crippen LogP contribution in [0.2, 0.25) is 5.02 Å². The summed E-state index contributed by atoms with van der Waals surface area (Å²) in [6, 6.07) is 14.3. The SMILES string of the molecule is COC(=O)CNC(=O)c1c2ccccc2nn1-c1ccc(Cl)cc1. The van der Waals surface area contributed by atoms with Crippen molar-refractivity contribution in [1.29, 1.82) is 0 Å². The van der Waals surface area contributed by atoms with E-state index in [-0.39, 0.29) is 6.54 Å². The molecule has 6 nitrogen and oxygen atoms in total. The van der Waals surface area contributed by atoms with Crippen LogP contribution in [-0.4, -0.2) is 35.3 Å². The zero-order valence-corrected chi connectivity index (χ0v) is 13.6. The van der Waals surface area contributed by atoms with Crippen molar-refractivity contribution in [2.75, 3.05) is 13.7 Å². The van der Waals surface area contributed by atoms with Crippen molar-refractivity contribution < 1.29 is 14.3 Å². The van der Waals surface area contributed by atoms with Crippen LogP contribution in [0.1, 0.15) is 10.5 Å². The van der Waals surface area contributed by atoms with E-state index in [1.54, 1.807) is 24.3 Å². The molecule has 0 radical (unpaired) electrons. The maximum absolute atomic E-state index is 12.6. The summed E-state index contributed by atoms with van der Waals surface area (Å²) >= 11 is 5.92. The van der Waals surface area contributed by atoms with Crippen LogP contribution < -0.4 is 5.32 Å². The van der Waals surface area contributed by atoms with Crippen LogP contribution in [0.3, 0.4) is 0 Å². The number of aromatic nitrogens is 2. The molecule has 24 heavy (non-hydrogen) atoms. The molecule has 0 aliphatic carbocycles. The molecule has 0 bridgehead atoms. The van der Waals surface area contributed by atoms with E-state index < -0.39 is 11.9 Å². The van der Waals surface area contributed by atoms with E-state index in [1.165, 1.54) is 11.8 Å². The standard InChI is InChI=1S/C17H14ClN3O3/c1-24-15(22)10-19-17(23)16-13-4-2-3-5-14(13)20-21(16)12-8-6-11(18)7-9-12/h2-9H,10H2,1H3,(H,19,23). The summed E-state index contributed by atoms with van der Waals surface area (Å²) in [6.07, 6.45) is 0. The number of hydrogen-bond donors (Lipinski definition) is 1. The van der Waals surface area contributed by atoms with Gasteiger partial charge >= 0.3 is 5.97 Å². The number of hydrogen-bond acceptors (Lipinski definition) is 4. The van der Waals surface area contributed by atoms with Gasteiger partial charge in [-0.15, -0.1) is 0 Å². The maximum Gasteiger partial charge on any atom is 0.325 e. The van der Waals surface area contributed by atoms with Gasteiger partial charge in [-0.25, -0.2) is 4.68 Å². The normalized spacial score (nSPS) is 10.6. The van der Waals surface area contributed by atoms with Gasteiger partial charge in [0.25, 0.3) is 5.91 Å². The zero-order chi connectivity index (χ0) is 17.1. The molecule has 1 amide bonds. The minimum absolute atomic E-state index is 0.213. The molecule has 7 heteroatoms. The molecule has 0 unspecified atom stereocenters. The van der Waals surface area contributed by atoms with Crippen LogP contribution in [0.15, 0.2) is 48.5 Å². The second-order valence-corrected chi connectivity index (χ2v) is 5.45. The third kappa shape index (κ3) is 3.09. The maximum atomic E-state index is 12.6. The first-order valence-corrected chi connectivity index (χ1v) is 7.56. The van der Waals surface area contributed by atoms with Gasteiger partial charge in [-0.2, -0.15) is 5.10 Å². The Morgan fingerprint density at radius 1 is 1.17 bits per heavy atom. The van der Waals surface area contributed by atoms with E-state index in [1.807, 2.05) is 24.3 Å². The molecule has 0 fully saturated rings. The van der Waals surface area contributed by atoms with Gasteiger partial charge in [0.05, 0.1) is 18.3 Å². The molecule has 122 valence electrons. The summed E-state index contributed by atoms with van der Waals surface area (Å²) in [5.41, 5.74) is 1.71. The molecule has 1 aromatic heterocycles. The molecule has 0 aliphatic rings. The molecule has 3 aromatic rings. The van der Waals surface area contributed by atoms with Gasteiger partial charge in [0.2, 0.25) is 0 Å². The number of carbonyl (C=O) groups is 2. The molecule has 1 heterocycles. The summed E-state index contributed by atoms with van der Waals surface area (Å²) in [5.74, 6) is -0.936. The van der Waals surface area contributed by atoms with Crippen molar-refractivity contribution in [2.24, 2.45) is 0 Å². The number of benzene rings is 2. The first-order chi connectivity index (χ1) is 11.6. The van der Waals surface area contributed by atoms with E-state index in [9.17, 15) is 9.59 Å². The fourth-order valence-corrected chi connectivity index (χ4v) is 2.45. The second kappa shape index (κ2) is 6.72. The lowest BCUT2D eigenvalue weighted by Crippen LogP contribution is -2.31. The molecule has 0 spiro atoms. The van der Waals surface area contributed by atoms with Crippen LogP contribution in [0.4, 0.5) is 0 Å². The monoisotopic (exact) mass is 343 g/mol. The summed E-state index contributed by atoms with van der Waals surface area (Å²) < 4.78 is 6.08. The van der Waals surface area contributed by atoms with Gasteiger partial charge in [-0.3, -0.25) is 9.59 Å². The number of rotatable bonds is 4. The van der Waals surface area contributed by atoms with Crippen molar-refractivity contribution >= 4 is 34.4 Å². The largest absolute Gasteiger partial charge is 0.468 e. The van der Waals surface area contributed by atoms with Crippen LogP contribution >= 0.6 is 11.6 Å². The average Bonchev–Trinajstić information content (AvgIpc) is 2.99. The lowest BCUT2D eigenvalue weighted by atomic mass is 10.2. The van der Waals surface area contributed by atoms with E-state index in [2.05, 4.69) is 15.2 Å². The molecule has 0 saturated carbocycles. The van der Waals surface area contributed by atoms with Crippen LogP contribution in [-0.2, 0) is 9.53 Å². The Bertz CT molecular complexity index is 903. The minimum Gasteiger partial charge on any atom is -0.468 e. The third-order valence-corrected chi connectivity index (χ3v) is 3.74. The van der Waals surface area contributed by atoms with Crippen LogP contribution in [0.25, 0.3) is 16.6 Å². The Morgan fingerprint density at radius 2 is 1.88 bits per heavy atom. The van der Waals surface area contributed by atoms with Gasteiger partial charge in [0.1, 0.15) is 12.2 Å². The average molecular weight is 344 g/mol. The van der Waals surface area contributed by atoms with Crippen LogP contribution in [0, 0.1) is 0 Å². The Hall–Kier alpha value is -2.86.